The minimum atomic E-state index is -0.0861. The highest BCUT2D eigenvalue weighted by Crippen LogP contribution is 1.98. The van der Waals surface area contributed by atoms with Crippen LogP contribution in [0, 0.1) is 0 Å². The molecule has 0 saturated carbocycles. The van der Waals surface area contributed by atoms with Gasteiger partial charge in [0, 0.05) is 6.42 Å². The average molecular weight is 156 g/mol. The molecule has 64 valence electrons. The number of esters is 1. The summed E-state index contributed by atoms with van der Waals surface area (Å²) >= 11 is 0. The Hall–Kier alpha value is -0.790. The van der Waals surface area contributed by atoms with E-state index < -0.39 is 0 Å². The number of ether oxygens (including phenoxy) is 1. The van der Waals surface area contributed by atoms with E-state index in [0.29, 0.717) is 13.0 Å². The molecule has 0 aromatic rings. The van der Waals surface area contributed by atoms with Gasteiger partial charge in [-0.05, 0) is 26.7 Å². The zero-order chi connectivity index (χ0) is 8.53. The third-order valence-electron chi connectivity index (χ3n) is 1.29. The maximum atomic E-state index is 10.8. The minimum Gasteiger partial charge on any atom is -0.466 e. The molecule has 0 fully saturated rings. The van der Waals surface area contributed by atoms with E-state index in [4.69, 9.17) is 4.74 Å². The zero-order valence-corrected chi connectivity index (χ0v) is 7.30. The van der Waals surface area contributed by atoms with Gasteiger partial charge in [0.2, 0.25) is 0 Å². The van der Waals surface area contributed by atoms with Crippen molar-refractivity contribution in [2.24, 2.45) is 0 Å². The van der Waals surface area contributed by atoms with Gasteiger partial charge in [0.05, 0.1) is 6.61 Å². The fourth-order valence-corrected chi connectivity index (χ4v) is 0.764. The number of carbonyl (C=O) groups excluding carboxylic acids is 1. The van der Waals surface area contributed by atoms with Gasteiger partial charge >= 0.3 is 5.97 Å². The van der Waals surface area contributed by atoms with E-state index in [2.05, 4.69) is 6.08 Å². The number of hydrogen-bond acceptors (Lipinski definition) is 2. The monoisotopic (exact) mass is 156 g/mol. The molecule has 2 heteroatoms. The molecule has 0 spiro atoms. The summed E-state index contributed by atoms with van der Waals surface area (Å²) < 4.78 is 4.76. The Morgan fingerprint density at radius 2 is 2.27 bits per heavy atom. The van der Waals surface area contributed by atoms with Crippen molar-refractivity contribution in [2.75, 3.05) is 6.61 Å². The Bertz CT molecular complexity index is 128. The zero-order valence-electron chi connectivity index (χ0n) is 7.30. The number of allylic oxidation sites excluding steroid dienone is 2. The van der Waals surface area contributed by atoms with Crippen LogP contribution in [0.25, 0.3) is 0 Å². The normalized spacial score (nSPS) is 10.4. The van der Waals surface area contributed by atoms with Crippen LogP contribution in [0.4, 0.5) is 0 Å². The van der Waals surface area contributed by atoms with Crippen molar-refractivity contribution in [3.05, 3.63) is 12.2 Å². The predicted octanol–water partition coefficient (Wildman–Crippen LogP) is 2.30. The molecule has 0 amide bonds. The lowest BCUT2D eigenvalue weighted by Crippen LogP contribution is -2.02. The molecule has 0 aliphatic rings. The number of hydrogen-bond donors (Lipinski definition) is 0. The van der Waals surface area contributed by atoms with Crippen LogP contribution in [0.3, 0.4) is 0 Å². The molecule has 0 rings (SSSR count). The molecular weight excluding hydrogens is 140 g/mol. The lowest BCUT2D eigenvalue weighted by Gasteiger charge is -1.98. The summed E-state index contributed by atoms with van der Waals surface area (Å²) in [5, 5.41) is 0. The van der Waals surface area contributed by atoms with Crippen molar-refractivity contribution >= 4 is 5.97 Å². The predicted molar refractivity (Wildman–Crippen MR) is 45.3 cm³/mol. The molecule has 2 nitrogen and oxygen atoms in total. The maximum absolute atomic E-state index is 10.8. The van der Waals surface area contributed by atoms with Crippen LogP contribution in [0.2, 0.25) is 0 Å². The molecule has 0 N–H and O–H groups in total. The number of rotatable bonds is 5. The van der Waals surface area contributed by atoms with Crippen LogP contribution in [0.1, 0.15) is 33.1 Å². The van der Waals surface area contributed by atoms with Gasteiger partial charge in [-0.25, -0.2) is 0 Å². The molecule has 0 aliphatic heterocycles. The van der Waals surface area contributed by atoms with Crippen LogP contribution in [-0.2, 0) is 9.53 Å². The van der Waals surface area contributed by atoms with Crippen LogP contribution in [0.15, 0.2) is 12.2 Å². The van der Waals surface area contributed by atoms with Gasteiger partial charge in [-0.1, -0.05) is 12.2 Å². The van der Waals surface area contributed by atoms with Crippen molar-refractivity contribution < 1.29 is 9.53 Å². The molecular formula is C9H16O2. The summed E-state index contributed by atoms with van der Waals surface area (Å²) in [5.74, 6) is -0.0861. The second-order valence-electron chi connectivity index (χ2n) is 2.27. The van der Waals surface area contributed by atoms with Gasteiger partial charge in [0.15, 0.2) is 0 Å². The topological polar surface area (TPSA) is 26.3 Å². The SMILES string of the molecule is CC=CCCCC(=O)OCC. The molecule has 0 aliphatic carbocycles. The fourth-order valence-electron chi connectivity index (χ4n) is 0.764. The minimum absolute atomic E-state index is 0.0861. The first-order valence-electron chi connectivity index (χ1n) is 4.08. The van der Waals surface area contributed by atoms with Gasteiger partial charge in [0.25, 0.3) is 0 Å². The maximum Gasteiger partial charge on any atom is 0.305 e. The molecule has 0 bridgehead atoms. The molecule has 0 radical (unpaired) electrons. The second-order valence-corrected chi connectivity index (χ2v) is 2.27. The van der Waals surface area contributed by atoms with Crippen molar-refractivity contribution in [3.8, 4) is 0 Å². The smallest absolute Gasteiger partial charge is 0.305 e. The Kier molecular flexibility index (Phi) is 6.79. The summed E-state index contributed by atoms with van der Waals surface area (Å²) in [6.45, 7) is 4.29. The lowest BCUT2D eigenvalue weighted by molar-refractivity contribution is -0.143. The number of unbranched alkanes of at least 4 members (excludes halogenated alkanes) is 1. The molecule has 0 atom stereocenters. The highest BCUT2D eigenvalue weighted by Gasteiger charge is 1.98. The van der Waals surface area contributed by atoms with Crippen molar-refractivity contribution in [1.29, 1.82) is 0 Å². The van der Waals surface area contributed by atoms with Gasteiger partial charge in [-0.15, -0.1) is 0 Å². The third-order valence-corrected chi connectivity index (χ3v) is 1.29. The van der Waals surface area contributed by atoms with E-state index in [9.17, 15) is 4.79 Å². The standard InChI is InChI=1S/C9H16O2/c1-3-5-6-7-8-9(10)11-4-2/h3,5H,4,6-8H2,1-2H3. The van der Waals surface area contributed by atoms with Crippen LogP contribution in [0.5, 0.6) is 0 Å². The summed E-state index contributed by atoms with van der Waals surface area (Å²) in [7, 11) is 0. The Balaban J connectivity index is 3.17. The van der Waals surface area contributed by atoms with E-state index in [0.717, 1.165) is 12.8 Å². The van der Waals surface area contributed by atoms with Gasteiger partial charge in [-0.3, -0.25) is 4.79 Å². The van der Waals surface area contributed by atoms with Gasteiger partial charge < -0.3 is 4.74 Å². The van der Waals surface area contributed by atoms with E-state index in [-0.39, 0.29) is 5.97 Å². The first-order chi connectivity index (χ1) is 5.31. The van der Waals surface area contributed by atoms with E-state index in [1.165, 1.54) is 0 Å². The van der Waals surface area contributed by atoms with Crippen molar-refractivity contribution in [1.82, 2.24) is 0 Å². The first kappa shape index (κ1) is 10.2. The van der Waals surface area contributed by atoms with E-state index >= 15 is 0 Å². The fraction of sp³-hybridized carbons (Fsp3) is 0.667. The van der Waals surface area contributed by atoms with Crippen molar-refractivity contribution in [2.45, 2.75) is 33.1 Å². The third kappa shape index (κ3) is 7.10. The molecule has 11 heavy (non-hydrogen) atoms. The van der Waals surface area contributed by atoms with E-state index in [1.54, 1.807) is 0 Å². The highest BCUT2D eigenvalue weighted by molar-refractivity contribution is 5.69. The summed E-state index contributed by atoms with van der Waals surface area (Å²) in [6, 6.07) is 0. The lowest BCUT2D eigenvalue weighted by atomic mass is 10.2. The van der Waals surface area contributed by atoms with Crippen molar-refractivity contribution in [3.63, 3.8) is 0 Å². The van der Waals surface area contributed by atoms with E-state index in [1.807, 2.05) is 19.9 Å². The number of carbonyl (C=O) groups is 1. The van der Waals surface area contributed by atoms with Gasteiger partial charge in [-0.2, -0.15) is 0 Å². The molecule has 0 saturated heterocycles. The molecule has 0 aromatic carbocycles. The Morgan fingerprint density at radius 3 is 2.82 bits per heavy atom. The summed E-state index contributed by atoms with van der Waals surface area (Å²) in [4.78, 5) is 10.8. The van der Waals surface area contributed by atoms with Gasteiger partial charge in [0.1, 0.15) is 0 Å². The van der Waals surface area contributed by atoms with Crippen LogP contribution >= 0.6 is 0 Å². The molecule has 0 unspecified atom stereocenters. The summed E-state index contributed by atoms with van der Waals surface area (Å²) in [6.07, 6.45) is 6.45. The Morgan fingerprint density at radius 1 is 1.55 bits per heavy atom. The molecule has 0 aromatic heterocycles. The summed E-state index contributed by atoms with van der Waals surface area (Å²) in [5.41, 5.74) is 0. The van der Waals surface area contributed by atoms with Crippen LogP contribution < -0.4 is 0 Å². The largest absolute Gasteiger partial charge is 0.466 e. The molecule has 0 heterocycles. The van der Waals surface area contributed by atoms with Crippen LogP contribution in [-0.4, -0.2) is 12.6 Å². The quantitative estimate of drug-likeness (QED) is 0.347. The highest BCUT2D eigenvalue weighted by atomic mass is 16.5. The Labute approximate surface area is 68.2 Å². The second kappa shape index (κ2) is 7.32. The first-order valence-corrected chi connectivity index (χ1v) is 4.08. The average Bonchev–Trinajstić information content (AvgIpc) is 1.99.